The molecule has 1 aliphatic heterocycles. The second-order valence-corrected chi connectivity index (χ2v) is 6.04. The van der Waals surface area contributed by atoms with E-state index in [-0.39, 0.29) is 18.3 Å². The van der Waals surface area contributed by atoms with Gasteiger partial charge < -0.3 is 10.6 Å². The van der Waals surface area contributed by atoms with Crippen LogP contribution in [-0.4, -0.2) is 25.5 Å². The van der Waals surface area contributed by atoms with E-state index in [9.17, 15) is 4.79 Å². The highest BCUT2D eigenvalue weighted by Gasteiger charge is 2.16. The van der Waals surface area contributed by atoms with Gasteiger partial charge >= 0.3 is 0 Å². The Labute approximate surface area is 135 Å². The summed E-state index contributed by atoms with van der Waals surface area (Å²) < 4.78 is 1.09. The van der Waals surface area contributed by atoms with Crippen molar-refractivity contribution in [3.63, 3.8) is 0 Å². The molecule has 0 saturated carbocycles. The van der Waals surface area contributed by atoms with Gasteiger partial charge in [0.15, 0.2) is 0 Å². The third-order valence-corrected chi connectivity index (χ3v) is 4.11. The Hall–Kier alpha value is -0.580. The topological polar surface area (TPSA) is 41.1 Å². The minimum atomic E-state index is 0. The normalized spacial score (nSPS) is 15.4. The first kappa shape index (κ1) is 17.5. The van der Waals surface area contributed by atoms with E-state index in [0.717, 1.165) is 43.4 Å². The molecule has 1 fully saturated rings. The molecule has 0 atom stereocenters. The van der Waals surface area contributed by atoms with E-state index in [0.29, 0.717) is 12.3 Å². The number of carbonyl (C=O) groups is 1. The molecule has 1 saturated heterocycles. The SMILES string of the molecule is Cl.O=C(CC1CCNCC1)NCCc1ccc(Br)cc1. The fourth-order valence-corrected chi connectivity index (χ4v) is 2.68. The fourth-order valence-electron chi connectivity index (χ4n) is 2.42. The summed E-state index contributed by atoms with van der Waals surface area (Å²) in [4.78, 5) is 11.8. The van der Waals surface area contributed by atoms with Gasteiger partial charge in [-0.15, -0.1) is 12.4 Å². The zero-order valence-electron chi connectivity index (χ0n) is 11.5. The maximum Gasteiger partial charge on any atom is 0.220 e. The first-order valence-corrected chi connectivity index (χ1v) is 7.75. The van der Waals surface area contributed by atoms with E-state index < -0.39 is 0 Å². The van der Waals surface area contributed by atoms with Gasteiger partial charge in [-0.05, 0) is 56.0 Å². The molecule has 0 aromatic heterocycles. The van der Waals surface area contributed by atoms with Gasteiger partial charge in [-0.1, -0.05) is 28.1 Å². The molecule has 0 aliphatic carbocycles. The van der Waals surface area contributed by atoms with Crippen LogP contribution in [0.25, 0.3) is 0 Å². The molecule has 0 spiro atoms. The molecule has 0 bridgehead atoms. The van der Waals surface area contributed by atoms with Crippen LogP contribution in [0.15, 0.2) is 28.7 Å². The second-order valence-electron chi connectivity index (χ2n) is 5.12. The Morgan fingerprint density at radius 3 is 2.55 bits per heavy atom. The smallest absolute Gasteiger partial charge is 0.220 e. The molecule has 1 aromatic rings. The van der Waals surface area contributed by atoms with Gasteiger partial charge in [0.1, 0.15) is 0 Å². The van der Waals surface area contributed by atoms with Gasteiger partial charge in [-0.25, -0.2) is 0 Å². The van der Waals surface area contributed by atoms with Crippen molar-refractivity contribution in [3.05, 3.63) is 34.3 Å². The summed E-state index contributed by atoms with van der Waals surface area (Å²) in [6, 6.07) is 8.24. The van der Waals surface area contributed by atoms with Crippen molar-refractivity contribution in [2.75, 3.05) is 19.6 Å². The molecule has 3 nitrogen and oxygen atoms in total. The third-order valence-electron chi connectivity index (χ3n) is 3.58. The molecule has 1 amide bonds. The zero-order chi connectivity index (χ0) is 13.5. The van der Waals surface area contributed by atoms with Crippen molar-refractivity contribution < 1.29 is 4.79 Å². The number of nitrogens with one attached hydrogen (secondary N) is 2. The van der Waals surface area contributed by atoms with Crippen LogP contribution in [0.2, 0.25) is 0 Å². The van der Waals surface area contributed by atoms with Gasteiger partial charge in [0.2, 0.25) is 5.91 Å². The van der Waals surface area contributed by atoms with Crippen molar-refractivity contribution in [2.45, 2.75) is 25.7 Å². The van der Waals surface area contributed by atoms with Crippen molar-refractivity contribution >= 4 is 34.2 Å². The number of halogens is 2. The average Bonchev–Trinajstić information content (AvgIpc) is 2.42. The van der Waals surface area contributed by atoms with Crippen LogP contribution in [0.3, 0.4) is 0 Å². The number of rotatable bonds is 5. The van der Waals surface area contributed by atoms with Crippen LogP contribution in [0.5, 0.6) is 0 Å². The summed E-state index contributed by atoms with van der Waals surface area (Å²) in [6.45, 7) is 2.83. The number of amides is 1. The Morgan fingerprint density at radius 1 is 1.25 bits per heavy atom. The Balaban J connectivity index is 0.00000200. The molecule has 1 aromatic carbocycles. The number of piperidine rings is 1. The summed E-state index contributed by atoms with van der Waals surface area (Å²) >= 11 is 3.42. The van der Waals surface area contributed by atoms with E-state index in [1.54, 1.807) is 0 Å². The van der Waals surface area contributed by atoms with Crippen molar-refractivity contribution in [2.24, 2.45) is 5.92 Å². The van der Waals surface area contributed by atoms with Crippen LogP contribution in [0, 0.1) is 5.92 Å². The molecule has 0 unspecified atom stereocenters. The minimum Gasteiger partial charge on any atom is -0.356 e. The molecule has 1 aliphatic rings. The van der Waals surface area contributed by atoms with E-state index in [2.05, 4.69) is 38.7 Å². The van der Waals surface area contributed by atoms with Gasteiger partial charge in [0.25, 0.3) is 0 Å². The molecule has 2 N–H and O–H groups in total. The quantitative estimate of drug-likeness (QED) is 0.846. The molecular formula is C15H22BrClN2O. The molecule has 112 valence electrons. The zero-order valence-corrected chi connectivity index (χ0v) is 13.9. The standard InChI is InChI=1S/C15H21BrN2O.ClH/c16-14-3-1-12(2-4-14)7-10-18-15(19)11-13-5-8-17-9-6-13;/h1-4,13,17H,5-11H2,(H,18,19);1H. The van der Waals surface area contributed by atoms with Crippen molar-refractivity contribution in [3.8, 4) is 0 Å². The monoisotopic (exact) mass is 360 g/mol. The maximum atomic E-state index is 11.8. The first-order chi connectivity index (χ1) is 9.24. The molecule has 5 heteroatoms. The van der Waals surface area contributed by atoms with Crippen molar-refractivity contribution in [1.82, 2.24) is 10.6 Å². The highest BCUT2D eigenvalue weighted by Crippen LogP contribution is 2.15. The van der Waals surface area contributed by atoms with E-state index >= 15 is 0 Å². The van der Waals surface area contributed by atoms with Crippen LogP contribution in [0.4, 0.5) is 0 Å². The second kappa shape index (κ2) is 9.37. The first-order valence-electron chi connectivity index (χ1n) is 6.96. The highest BCUT2D eigenvalue weighted by molar-refractivity contribution is 9.10. The number of carbonyl (C=O) groups excluding carboxylic acids is 1. The Bertz CT molecular complexity index is 405. The summed E-state index contributed by atoms with van der Waals surface area (Å²) in [5.74, 6) is 0.762. The lowest BCUT2D eigenvalue weighted by Gasteiger charge is -2.21. The lowest BCUT2D eigenvalue weighted by molar-refractivity contribution is -0.122. The van der Waals surface area contributed by atoms with Crippen LogP contribution < -0.4 is 10.6 Å². The summed E-state index contributed by atoms with van der Waals surface area (Å²) in [7, 11) is 0. The Morgan fingerprint density at radius 2 is 1.90 bits per heavy atom. The number of hydrogen-bond acceptors (Lipinski definition) is 2. The van der Waals surface area contributed by atoms with E-state index in [1.807, 2.05) is 12.1 Å². The van der Waals surface area contributed by atoms with E-state index in [4.69, 9.17) is 0 Å². The third kappa shape index (κ3) is 6.25. The number of hydrogen-bond donors (Lipinski definition) is 2. The predicted octanol–water partition coefficient (Wildman–Crippen LogP) is 2.92. The number of benzene rings is 1. The maximum absolute atomic E-state index is 11.8. The average molecular weight is 362 g/mol. The van der Waals surface area contributed by atoms with Gasteiger partial charge in [-0.3, -0.25) is 4.79 Å². The molecule has 20 heavy (non-hydrogen) atoms. The molecular weight excluding hydrogens is 340 g/mol. The fraction of sp³-hybridized carbons (Fsp3) is 0.533. The predicted molar refractivity (Wildman–Crippen MR) is 88.3 cm³/mol. The minimum absolute atomic E-state index is 0. The Kier molecular flexibility index (Phi) is 8.19. The lowest BCUT2D eigenvalue weighted by atomic mass is 9.94. The summed E-state index contributed by atoms with van der Waals surface area (Å²) in [5, 5.41) is 6.34. The van der Waals surface area contributed by atoms with Gasteiger partial charge in [0, 0.05) is 17.4 Å². The summed E-state index contributed by atoms with van der Waals surface area (Å²) in [6.07, 6.45) is 3.83. The van der Waals surface area contributed by atoms with Crippen LogP contribution >= 0.6 is 28.3 Å². The van der Waals surface area contributed by atoms with Crippen LogP contribution in [0.1, 0.15) is 24.8 Å². The van der Waals surface area contributed by atoms with Crippen LogP contribution in [-0.2, 0) is 11.2 Å². The van der Waals surface area contributed by atoms with Gasteiger partial charge in [0.05, 0.1) is 0 Å². The molecule has 1 heterocycles. The van der Waals surface area contributed by atoms with Gasteiger partial charge in [-0.2, -0.15) is 0 Å². The lowest BCUT2D eigenvalue weighted by Crippen LogP contribution is -2.33. The molecule has 0 radical (unpaired) electrons. The molecule has 2 rings (SSSR count). The van der Waals surface area contributed by atoms with Crippen molar-refractivity contribution in [1.29, 1.82) is 0 Å². The largest absolute Gasteiger partial charge is 0.356 e. The summed E-state index contributed by atoms with van der Waals surface area (Å²) in [5.41, 5.74) is 1.25. The highest BCUT2D eigenvalue weighted by atomic mass is 79.9. The van der Waals surface area contributed by atoms with E-state index in [1.165, 1.54) is 5.56 Å².